The quantitative estimate of drug-likeness (QED) is 0.153. The Labute approximate surface area is 188 Å². The third-order valence-electron chi connectivity index (χ3n) is 6.20. The Kier molecular flexibility index (Phi) is 6.93. The minimum atomic E-state index is -4.82. The molecule has 3 aliphatic heterocycles. The Morgan fingerprint density at radius 1 is 1.15 bits per heavy atom. The van der Waals surface area contributed by atoms with Crippen LogP contribution in [0.4, 0.5) is 0 Å². The molecule has 0 amide bonds. The number of phosphoric ester groups is 1. The van der Waals surface area contributed by atoms with Gasteiger partial charge in [0.1, 0.15) is 24.1 Å². The van der Waals surface area contributed by atoms with Gasteiger partial charge in [-0.05, 0) is 18.4 Å². The van der Waals surface area contributed by atoms with Gasteiger partial charge < -0.3 is 56.0 Å². The van der Waals surface area contributed by atoms with Gasteiger partial charge in [-0.3, -0.25) is 4.52 Å². The van der Waals surface area contributed by atoms with E-state index < -0.39 is 57.4 Å². The molecule has 33 heavy (non-hydrogen) atoms. The van der Waals surface area contributed by atoms with Crippen LogP contribution in [-0.2, 0) is 13.8 Å². The first-order valence-corrected chi connectivity index (χ1v) is 11.9. The van der Waals surface area contributed by atoms with Crippen molar-refractivity contribution in [1.29, 1.82) is 0 Å². The van der Waals surface area contributed by atoms with Gasteiger partial charge in [-0.25, -0.2) is 9.56 Å². The zero-order chi connectivity index (χ0) is 24.1. The first-order valence-electron chi connectivity index (χ1n) is 10.4. The van der Waals surface area contributed by atoms with Crippen LogP contribution in [0.1, 0.15) is 12.8 Å². The first-order chi connectivity index (χ1) is 15.5. The van der Waals surface area contributed by atoms with Crippen LogP contribution in [0.5, 0.6) is 0 Å². The summed E-state index contributed by atoms with van der Waals surface area (Å²) in [7, 11) is -4.82. The summed E-state index contributed by atoms with van der Waals surface area (Å²) in [5.41, 5.74) is 6.64. The first kappa shape index (κ1) is 24.6. The summed E-state index contributed by atoms with van der Waals surface area (Å²) < 4.78 is 21.0. The van der Waals surface area contributed by atoms with Gasteiger partial charge in [0.25, 0.3) is 0 Å². The van der Waals surface area contributed by atoms with Gasteiger partial charge in [0.05, 0.1) is 18.8 Å². The van der Waals surface area contributed by atoms with Crippen molar-refractivity contribution in [2.45, 2.75) is 61.9 Å². The molecule has 4 rings (SSSR count). The number of aliphatic imine (C=N–C) groups is 2. The lowest BCUT2D eigenvalue weighted by molar-refractivity contribution is -0.0671. The highest BCUT2D eigenvalue weighted by Gasteiger charge is 2.50. The molecule has 1 saturated carbocycles. The number of phosphoric acid groups is 1. The van der Waals surface area contributed by atoms with Crippen LogP contribution in [-0.4, -0.2) is 121 Å². The number of aliphatic hydroxyl groups excluding tert-OH is 5. The molecule has 1 aliphatic carbocycles. The number of hydrogen-bond donors (Lipinski definition) is 9. The molecule has 8 atom stereocenters. The monoisotopic (exact) mass is 493 g/mol. The highest BCUT2D eigenvalue weighted by Crippen LogP contribution is 2.38. The van der Waals surface area contributed by atoms with Crippen molar-refractivity contribution in [3.8, 4) is 0 Å². The fraction of sp³-hybridized carbons (Fsp3) is 0.765. The second kappa shape index (κ2) is 9.28. The molecule has 0 aromatic rings. The largest absolute Gasteiger partial charge is 0.469 e. The van der Waals surface area contributed by atoms with Crippen LogP contribution in [0.15, 0.2) is 21.1 Å². The second-order valence-electron chi connectivity index (χ2n) is 8.40. The number of ether oxygens (including phenoxy) is 1. The number of nitrogens with one attached hydrogen (secondary N) is 1. The molecule has 3 heterocycles. The van der Waals surface area contributed by atoms with Gasteiger partial charge in [0.2, 0.25) is 5.96 Å². The van der Waals surface area contributed by atoms with Crippen LogP contribution in [0.25, 0.3) is 0 Å². The molecule has 0 spiro atoms. The van der Waals surface area contributed by atoms with Crippen LogP contribution in [0.3, 0.4) is 0 Å². The minimum Gasteiger partial charge on any atom is -0.390 e. The Morgan fingerprint density at radius 3 is 2.52 bits per heavy atom. The predicted molar refractivity (Wildman–Crippen MR) is 111 cm³/mol. The van der Waals surface area contributed by atoms with Gasteiger partial charge in [-0.1, -0.05) is 0 Å². The lowest BCUT2D eigenvalue weighted by Gasteiger charge is -2.30. The lowest BCUT2D eigenvalue weighted by atomic mass is 10.1. The fourth-order valence-electron chi connectivity index (χ4n) is 4.52. The predicted octanol–water partition coefficient (Wildman–Crippen LogP) is -4.33. The second-order valence-corrected chi connectivity index (χ2v) is 9.64. The summed E-state index contributed by atoms with van der Waals surface area (Å²) in [5.74, 6) is -0.0316. The van der Waals surface area contributed by atoms with Gasteiger partial charge in [-0.15, -0.1) is 0 Å². The molecule has 0 unspecified atom stereocenters. The number of nitrogens with two attached hydrogens (primary N) is 1. The summed E-state index contributed by atoms with van der Waals surface area (Å²) >= 11 is 0. The molecule has 186 valence electrons. The number of aliphatic hydroxyl groups is 5. The van der Waals surface area contributed by atoms with E-state index >= 15 is 0 Å². The SMILES string of the molecule is NC1=N[C@H](O)C2=C(CN[C@H]3CC[C@H](O)[C@@H]3O)CN([C@@H]3O[C@H](COP(=O)(O)O)[C@@H](O)[C@H]3O)C2=N1. The maximum Gasteiger partial charge on any atom is 0.469 e. The van der Waals surface area contributed by atoms with Crippen LogP contribution < -0.4 is 11.1 Å². The molecule has 0 bridgehead atoms. The molecule has 4 aliphatic rings. The average molecular weight is 493 g/mol. The van der Waals surface area contributed by atoms with E-state index in [0.29, 0.717) is 24.0 Å². The number of nitrogens with zero attached hydrogens (tertiary/aromatic N) is 3. The molecule has 1 saturated heterocycles. The van der Waals surface area contributed by atoms with Gasteiger partial charge in [-0.2, -0.15) is 4.99 Å². The van der Waals surface area contributed by atoms with Crippen LogP contribution >= 0.6 is 7.82 Å². The summed E-state index contributed by atoms with van der Waals surface area (Å²) in [6.45, 7) is -0.378. The normalized spacial score (nSPS) is 39.2. The number of fused-ring (bicyclic) bond motifs is 1. The molecule has 0 aromatic carbocycles. The third kappa shape index (κ3) is 4.99. The third-order valence-corrected chi connectivity index (χ3v) is 6.68. The van der Waals surface area contributed by atoms with Crippen molar-refractivity contribution in [1.82, 2.24) is 10.2 Å². The fourth-order valence-corrected chi connectivity index (χ4v) is 4.86. The van der Waals surface area contributed by atoms with Gasteiger partial charge in [0, 0.05) is 24.7 Å². The van der Waals surface area contributed by atoms with Crippen molar-refractivity contribution < 1.29 is 49.1 Å². The summed E-state index contributed by atoms with van der Waals surface area (Å²) in [6.07, 6.45) is -7.51. The minimum absolute atomic E-state index is 0.0902. The number of guanidine groups is 1. The molecule has 16 heteroatoms. The summed E-state index contributed by atoms with van der Waals surface area (Å²) in [4.78, 5) is 27.3. The topological polar surface area (TPSA) is 243 Å². The summed E-state index contributed by atoms with van der Waals surface area (Å²) in [5, 5.41) is 54.3. The maximum absolute atomic E-state index is 11.0. The van der Waals surface area contributed by atoms with E-state index in [-0.39, 0.29) is 30.9 Å². The average Bonchev–Trinajstić information content (AvgIpc) is 3.34. The van der Waals surface area contributed by atoms with E-state index in [1.807, 2.05) is 0 Å². The zero-order valence-electron chi connectivity index (χ0n) is 17.4. The standard InChI is InChI=1S/C17H28N5O10P/c18-17-20-14-10(15(27)21-17)6(3-19-7-1-2-8(23)11(7)24)4-22(14)16-13(26)12(25)9(32-16)5-31-33(28,29)30/h7-9,11-13,15-16,19,23-27H,1-5H2,(H2,18,21)(H2,28,29,30)/t7-,8-,9+,11+,12+,13+,15+,16+/m0/s1. The Morgan fingerprint density at radius 2 is 1.88 bits per heavy atom. The highest BCUT2D eigenvalue weighted by atomic mass is 31.2. The molecule has 2 fully saturated rings. The van der Waals surface area contributed by atoms with Gasteiger partial charge >= 0.3 is 7.82 Å². The van der Waals surface area contributed by atoms with E-state index in [1.165, 1.54) is 4.90 Å². The molecular weight excluding hydrogens is 465 g/mol. The molecule has 0 radical (unpaired) electrons. The van der Waals surface area contributed by atoms with E-state index in [1.54, 1.807) is 0 Å². The van der Waals surface area contributed by atoms with Crippen molar-refractivity contribution in [2.24, 2.45) is 15.7 Å². The smallest absolute Gasteiger partial charge is 0.390 e. The van der Waals surface area contributed by atoms with Crippen molar-refractivity contribution >= 4 is 19.6 Å². The maximum atomic E-state index is 11.0. The van der Waals surface area contributed by atoms with Crippen molar-refractivity contribution in [3.05, 3.63) is 11.1 Å². The molecule has 0 aromatic heterocycles. The van der Waals surface area contributed by atoms with Crippen LogP contribution in [0, 0.1) is 0 Å². The number of hydrogen-bond acceptors (Lipinski definition) is 13. The van der Waals surface area contributed by atoms with Crippen molar-refractivity contribution in [3.63, 3.8) is 0 Å². The van der Waals surface area contributed by atoms with Crippen molar-refractivity contribution in [2.75, 3.05) is 19.7 Å². The molecular formula is C17H28N5O10P. The Bertz CT molecular complexity index is 909. The van der Waals surface area contributed by atoms with E-state index in [9.17, 15) is 30.1 Å². The van der Waals surface area contributed by atoms with E-state index in [2.05, 4.69) is 19.8 Å². The Balaban J connectivity index is 1.51. The van der Waals surface area contributed by atoms with E-state index in [4.69, 9.17) is 20.3 Å². The zero-order valence-corrected chi connectivity index (χ0v) is 18.3. The van der Waals surface area contributed by atoms with E-state index in [0.717, 1.165) is 0 Å². The van der Waals surface area contributed by atoms with Crippen LogP contribution in [0.2, 0.25) is 0 Å². The Hall–Kier alpha value is -1.49. The molecule has 15 nitrogen and oxygen atoms in total. The molecule has 10 N–H and O–H groups in total. The highest BCUT2D eigenvalue weighted by molar-refractivity contribution is 7.46. The number of rotatable bonds is 7. The van der Waals surface area contributed by atoms with Gasteiger partial charge in [0.15, 0.2) is 12.5 Å². The lowest BCUT2D eigenvalue weighted by Crippen LogP contribution is -2.47. The number of amidine groups is 1. The summed E-state index contributed by atoms with van der Waals surface area (Å²) in [6, 6.07) is -0.360.